The zero-order chi connectivity index (χ0) is 16.0. The van der Waals surface area contributed by atoms with Gasteiger partial charge in [0, 0.05) is 25.8 Å². The highest BCUT2D eigenvalue weighted by atomic mass is 32.2. The number of hydrogen-bond donors (Lipinski definition) is 2. The van der Waals surface area contributed by atoms with Crippen LogP contribution in [0.3, 0.4) is 0 Å². The highest BCUT2D eigenvalue weighted by Gasteiger charge is 2.25. The van der Waals surface area contributed by atoms with Gasteiger partial charge in [-0.3, -0.25) is 4.68 Å². The molecule has 7 nitrogen and oxygen atoms in total. The van der Waals surface area contributed by atoms with Crippen molar-refractivity contribution in [3.8, 4) is 0 Å². The fourth-order valence-electron chi connectivity index (χ4n) is 2.16. The molecule has 21 heavy (non-hydrogen) atoms. The van der Waals surface area contributed by atoms with Crippen LogP contribution < -0.4 is 4.72 Å². The molecule has 0 aromatic carbocycles. The number of nitrogens with zero attached hydrogens (tertiary/aromatic N) is 2. The Morgan fingerprint density at radius 1 is 1.43 bits per heavy atom. The maximum atomic E-state index is 12.5. The van der Waals surface area contributed by atoms with Crippen LogP contribution >= 0.6 is 0 Å². The summed E-state index contributed by atoms with van der Waals surface area (Å²) < 4.78 is 34.4. The normalized spacial score (nSPS) is 13.6. The third kappa shape index (κ3) is 4.77. The van der Waals surface area contributed by atoms with Gasteiger partial charge in [0.15, 0.2) is 0 Å². The average Bonchev–Trinajstić information content (AvgIpc) is 2.68. The molecule has 1 heterocycles. The summed E-state index contributed by atoms with van der Waals surface area (Å²) in [6.45, 7) is 8.42. The molecular weight excluding hydrogens is 294 g/mol. The van der Waals surface area contributed by atoms with E-state index in [1.807, 2.05) is 6.92 Å². The van der Waals surface area contributed by atoms with Crippen LogP contribution in [0.2, 0.25) is 0 Å². The van der Waals surface area contributed by atoms with Gasteiger partial charge >= 0.3 is 0 Å². The van der Waals surface area contributed by atoms with Crippen LogP contribution in [0, 0.1) is 13.8 Å². The van der Waals surface area contributed by atoms with Crippen molar-refractivity contribution in [1.29, 1.82) is 0 Å². The molecule has 2 N–H and O–H groups in total. The Labute approximate surface area is 126 Å². The van der Waals surface area contributed by atoms with Gasteiger partial charge in [-0.05, 0) is 34.1 Å². The number of aromatic nitrogens is 2. The SMILES string of the molecule is CCOCC(C)NS(=O)(=O)c1c(C)nn(CCCO)c1C. The van der Waals surface area contributed by atoms with Crippen molar-refractivity contribution >= 4 is 10.0 Å². The summed E-state index contributed by atoms with van der Waals surface area (Å²) in [6, 6.07) is -0.311. The number of aliphatic hydroxyl groups is 1. The maximum absolute atomic E-state index is 12.5. The van der Waals surface area contributed by atoms with Gasteiger partial charge in [-0.1, -0.05) is 0 Å². The first-order valence-corrected chi connectivity index (χ1v) is 8.56. The summed E-state index contributed by atoms with van der Waals surface area (Å²) in [5.41, 5.74) is 1.04. The van der Waals surface area contributed by atoms with Crippen LogP contribution in [0.4, 0.5) is 0 Å². The van der Waals surface area contributed by atoms with E-state index >= 15 is 0 Å². The van der Waals surface area contributed by atoms with Crippen LogP contribution in [0.1, 0.15) is 31.7 Å². The molecule has 0 fully saturated rings. The van der Waals surface area contributed by atoms with Crippen molar-refractivity contribution in [2.24, 2.45) is 0 Å². The number of nitrogens with one attached hydrogen (secondary N) is 1. The first kappa shape index (κ1) is 18.1. The second-order valence-corrected chi connectivity index (χ2v) is 6.63. The lowest BCUT2D eigenvalue weighted by atomic mass is 10.4. The molecule has 1 aromatic rings. The van der Waals surface area contributed by atoms with E-state index in [-0.39, 0.29) is 17.5 Å². The fourth-order valence-corrected chi connectivity index (χ4v) is 3.80. The Bertz CT molecular complexity index is 554. The number of ether oxygens (including phenoxy) is 1. The van der Waals surface area contributed by atoms with E-state index in [1.54, 1.807) is 25.5 Å². The van der Waals surface area contributed by atoms with Gasteiger partial charge in [0.1, 0.15) is 4.90 Å². The summed E-state index contributed by atoms with van der Waals surface area (Å²) >= 11 is 0. The lowest BCUT2D eigenvalue weighted by Gasteiger charge is -2.14. The number of aryl methyl sites for hydroxylation is 2. The number of rotatable bonds is 9. The third-order valence-corrected chi connectivity index (χ3v) is 4.88. The van der Waals surface area contributed by atoms with E-state index in [4.69, 9.17) is 9.84 Å². The third-order valence-electron chi connectivity index (χ3n) is 3.04. The maximum Gasteiger partial charge on any atom is 0.244 e. The van der Waals surface area contributed by atoms with Crippen LogP contribution in [0.5, 0.6) is 0 Å². The molecule has 1 unspecified atom stereocenters. The predicted molar refractivity (Wildman–Crippen MR) is 79.7 cm³/mol. The van der Waals surface area contributed by atoms with Crippen molar-refractivity contribution in [1.82, 2.24) is 14.5 Å². The van der Waals surface area contributed by atoms with Gasteiger partial charge in [-0.15, -0.1) is 0 Å². The van der Waals surface area contributed by atoms with Gasteiger partial charge < -0.3 is 9.84 Å². The molecule has 0 aliphatic rings. The van der Waals surface area contributed by atoms with Crippen molar-refractivity contribution in [2.75, 3.05) is 19.8 Å². The minimum Gasteiger partial charge on any atom is -0.396 e. The fraction of sp³-hybridized carbons (Fsp3) is 0.769. The highest BCUT2D eigenvalue weighted by Crippen LogP contribution is 2.19. The standard InChI is InChI=1S/C13H25N3O4S/c1-5-20-9-10(2)15-21(18,19)13-11(3)14-16(12(13)4)7-6-8-17/h10,15,17H,5-9H2,1-4H3. The summed E-state index contributed by atoms with van der Waals surface area (Å²) in [7, 11) is -3.63. The smallest absolute Gasteiger partial charge is 0.244 e. The van der Waals surface area contributed by atoms with E-state index < -0.39 is 10.0 Å². The lowest BCUT2D eigenvalue weighted by Crippen LogP contribution is -2.36. The van der Waals surface area contributed by atoms with Crippen molar-refractivity contribution in [2.45, 2.75) is 51.6 Å². The molecule has 0 aliphatic heterocycles. The lowest BCUT2D eigenvalue weighted by molar-refractivity contribution is 0.133. The molecule has 1 atom stereocenters. The van der Waals surface area contributed by atoms with E-state index in [0.717, 1.165) is 0 Å². The summed E-state index contributed by atoms with van der Waals surface area (Å²) in [5, 5.41) is 13.1. The molecule has 1 aromatic heterocycles. The Kier molecular flexibility index (Phi) is 6.79. The number of aliphatic hydroxyl groups excluding tert-OH is 1. The second kappa shape index (κ2) is 7.88. The molecule has 0 spiro atoms. The molecule has 0 amide bonds. The van der Waals surface area contributed by atoms with Crippen LogP contribution in [0.15, 0.2) is 4.90 Å². The van der Waals surface area contributed by atoms with Crippen molar-refractivity contribution < 1.29 is 18.3 Å². The minimum atomic E-state index is -3.63. The van der Waals surface area contributed by atoms with Gasteiger partial charge in [-0.25, -0.2) is 13.1 Å². The molecule has 0 bridgehead atoms. The quantitative estimate of drug-likeness (QED) is 0.695. The Hall–Kier alpha value is -0.960. The molecular formula is C13H25N3O4S. The Morgan fingerprint density at radius 2 is 2.10 bits per heavy atom. The van der Waals surface area contributed by atoms with Gasteiger partial charge in [-0.2, -0.15) is 5.10 Å². The molecule has 0 aliphatic carbocycles. The summed E-state index contributed by atoms with van der Waals surface area (Å²) in [5.74, 6) is 0. The van der Waals surface area contributed by atoms with Crippen molar-refractivity contribution in [3.63, 3.8) is 0 Å². The molecule has 0 saturated carbocycles. The van der Waals surface area contributed by atoms with Gasteiger partial charge in [0.2, 0.25) is 10.0 Å². The molecule has 0 radical (unpaired) electrons. The van der Waals surface area contributed by atoms with E-state index in [0.29, 0.717) is 37.6 Å². The summed E-state index contributed by atoms with van der Waals surface area (Å²) in [4.78, 5) is 0.212. The first-order valence-electron chi connectivity index (χ1n) is 7.08. The minimum absolute atomic E-state index is 0.0457. The highest BCUT2D eigenvalue weighted by molar-refractivity contribution is 7.89. The van der Waals surface area contributed by atoms with Crippen LogP contribution in [0.25, 0.3) is 0 Å². The van der Waals surface area contributed by atoms with Gasteiger partial charge in [0.25, 0.3) is 0 Å². The molecule has 0 saturated heterocycles. The molecule has 1 rings (SSSR count). The van der Waals surface area contributed by atoms with Crippen LogP contribution in [-0.4, -0.2) is 49.2 Å². The topological polar surface area (TPSA) is 93.5 Å². The molecule has 122 valence electrons. The average molecular weight is 319 g/mol. The van der Waals surface area contributed by atoms with Crippen LogP contribution in [-0.2, 0) is 21.3 Å². The zero-order valence-electron chi connectivity index (χ0n) is 13.1. The Balaban J connectivity index is 2.95. The zero-order valence-corrected chi connectivity index (χ0v) is 13.9. The predicted octanol–water partition coefficient (Wildman–Crippen LogP) is 0.586. The Morgan fingerprint density at radius 3 is 2.67 bits per heavy atom. The van der Waals surface area contributed by atoms with E-state index in [2.05, 4.69) is 9.82 Å². The van der Waals surface area contributed by atoms with E-state index in [1.165, 1.54) is 0 Å². The monoisotopic (exact) mass is 319 g/mol. The number of hydrogen-bond acceptors (Lipinski definition) is 5. The molecule has 8 heteroatoms. The van der Waals surface area contributed by atoms with Crippen molar-refractivity contribution in [3.05, 3.63) is 11.4 Å². The van der Waals surface area contributed by atoms with E-state index in [9.17, 15) is 8.42 Å². The largest absolute Gasteiger partial charge is 0.396 e. The summed E-state index contributed by atoms with van der Waals surface area (Å²) in [6.07, 6.45) is 0.537. The number of sulfonamides is 1. The first-order chi connectivity index (χ1) is 9.83. The van der Waals surface area contributed by atoms with Gasteiger partial charge in [0.05, 0.1) is 18.0 Å². The second-order valence-electron chi connectivity index (χ2n) is 4.98.